The van der Waals surface area contributed by atoms with Crippen LogP contribution in [-0.4, -0.2) is 35.0 Å². The number of nitrogens with zero attached hydrogens (tertiary/aromatic N) is 1. The summed E-state index contributed by atoms with van der Waals surface area (Å²) in [6, 6.07) is 11.0. The minimum atomic E-state index is -0.651. The van der Waals surface area contributed by atoms with Crippen LogP contribution in [0.3, 0.4) is 0 Å². The maximum Gasteiger partial charge on any atom is 1.00 e. The summed E-state index contributed by atoms with van der Waals surface area (Å²) in [5.74, 6) is 0. The van der Waals surface area contributed by atoms with Crippen molar-refractivity contribution in [1.29, 1.82) is 0 Å². The van der Waals surface area contributed by atoms with Gasteiger partial charge in [0.1, 0.15) is 11.3 Å². The van der Waals surface area contributed by atoms with Gasteiger partial charge in [-0.05, 0) is 41.0 Å². The van der Waals surface area contributed by atoms with E-state index in [9.17, 15) is 4.79 Å². The minimum Gasteiger partial charge on any atom is -0.444 e. The van der Waals surface area contributed by atoms with Gasteiger partial charge in [0.2, 0.25) is 0 Å². The number of hydrogen-bond donors (Lipinski definition) is 0. The van der Waals surface area contributed by atoms with E-state index in [1.165, 1.54) is 0 Å². The number of benzene rings is 1. The quantitative estimate of drug-likeness (QED) is 0.586. The second-order valence-electron chi connectivity index (χ2n) is 6.85. The summed E-state index contributed by atoms with van der Waals surface area (Å²) < 4.78 is 11.3. The Bertz CT molecular complexity index is 496. The summed E-state index contributed by atoms with van der Waals surface area (Å²) in [4.78, 5) is 14.2. The number of ether oxygens (including phenoxy) is 2. The third-order valence-electron chi connectivity index (χ3n) is 3.39. The van der Waals surface area contributed by atoms with Crippen LogP contribution >= 0.6 is 0 Å². The first kappa shape index (κ1) is 19.1. The Kier molecular flexibility index (Phi) is 6.15. The van der Waals surface area contributed by atoms with Crippen molar-refractivity contribution in [2.45, 2.75) is 58.4 Å². The van der Waals surface area contributed by atoms with Crippen LogP contribution in [0.25, 0.3) is 0 Å². The molecule has 4 nitrogen and oxygen atoms in total. The van der Waals surface area contributed by atoms with Crippen LogP contribution in [0.5, 0.6) is 0 Å². The first-order valence-electron chi connectivity index (χ1n) is 7.31. The Labute approximate surface area is 145 Å². The van der Waals surface area contributed by atoms with Gasteiger partial charge in [0.25, 0.3) is 0 Å². The van der Waals surface area contributed by atoms with E-state index in [2.05, 4.69) is 6.07 Å². The molecule has 5 heteroatoms. The van der Waals surface area contributed by atoms with Gasteiger partial charge in [-0.15, -0.1) is 0 Å². The number of carbonyl (C=O) groups is 1. The summed E-state index contributed by atoms with van der Waals surface area (Å²) in [5, 5.41) is 0. The number of amides is 1. The van der Waals surface area contributed by atoms with Gasteiger partial charge in [-0.25, -0.2) is 4.79 Å². The maximum atomic E-state index is 12.5. The van der Waals surface area contributed by atoms with Gasteiger partial charge in [0.05, 0.1) is 12.6 Å². The van der Waals surface area contributed by atoms with Crippen molar-refractivity contribution in [3.8, 4) is 0 Å². The van der Waals surface area contributed by atoms with Crippen LogP contribution < -0.4 is 18.9 Å². The molecule has 22 heavy (non-hydrogen) atoms. The molecular weight excluding hydrogens is 273 g/mol. The summed E-state index contributed by atoms with van der Waals surface area (Å²) in [5.41, 5.74) is -0.0987. The molecule has 1 aliphatic heterocycles. The van der Waals surface area contributed by atoms with Crippen molar-refractivity contribution in [2.24, 2.45) is 0 Å². The molecule has 0 bridgehead atoms. The second-order valence-corrected chi connectivity index (χ2v) is 6.85. The molecule has 0 N–H and O–H groups in total. The molecule has 0 aliphatic carbocycles. The molecule has 1 unspecified atom stereocenters. The fourth-order valence-electron chi connectivity index (χ4n) is 2.53. The molecule has 1 aromatic rings. The van der Waals surface area contributed by atoms with Crippen LogP contribution in [-0.2, 0) is 15.9 Å². The number of hydrogen-bond acceptors (Lipinski definition) is 3. The van der Waals surface area contributed by atoms with Gasteiger partial charge in [-0.3, -0.25) is 4.90 Å². The maximum absolute atomic E-state index is 12.5. The molecule has 0 radical (unpaired) electrons. The largest absolute Gasteiger partial charge is 1.00 e. The van der Waals surface area contributed by atoms with E-state index in [-0.39, 0.29) is 31.0 Å². The van der Waals surface area contributed by atoms with Crippen LogP contribution in [0.15, 0.2) is 24.3 Å². The Morgan fingerprint density at radius 2 is 2.14 bits per heavy atom. The molecule has 0 spiro atoms. The Morgan fingerprint density at radius 3 is 2.68 bits per heavy atom. The van der Waals surface area contributed by atoms with E-state index in [1.807, 2.05) is 58.9 Å². The molecule has 0 saturated carbocycles. The fourth-order valence-corrected chi connectivity index (χ4v) is 2.53. The Morgan fingerprint density at radius 1 is 1.45 bits per heavy atom. The van der Waals surface area contributed by atoms with Crippen molar-refractivity contribution in [2.75, 3.05) is 6.61 Å². The standard InChI is InChI=1S/C17H24NO3.Li/c1-16(2,3)21-15(19)18-14(12-20-17(18,4)5)11-13-9-7-6-8-10-13;/h6-9,14H,11-12H2,1-5H3;/q-1;+1. The molecule has 1 atom stereocenters. The van der Waals surface area contributed by atoms with Crippen LogP contribution in [0.2, 0.25) is 0 Å². The smallest absolute Gasteiger partial charge is 0.444 e. The zero-order valence-corrected chi connectivity index (χ0v) is 14.5. The SMILES string of the molecule is CC(C)(C)OC(=O)N1C(Cc2[c-]cccc2)COC1(C)C.[Li+]. The van der Waals surface area contributed by atoms with Crippen molar-refractivity contribution in [1.82, 2.24) is 4.90 Å². The van der Waals surface area contributed by atoms with E-state index in [4.69, 9.17) is 9.47 Å². The molecule has 116 valence electrons. The van der Waals surface area contributed by atoms with Gasteiger partial charge < -0.3 is 9.47 Å². The Balaban J connectivity index is 0.00000242. The van der Waals surface area contributed by atoms with E-state index in [0.717, 1.165) is 5.56 Å². The van der Waals surface area contributed by atoms with Crippen molar-refractivity contribution < 1.29 is 33.1 Å². The molecule has 1 saturated heterocycles. The first-order valence-corrected chi connectivity index (χ1v) is 7.31. The minimum absolute atomic E-state index is 0. The fraction of sp³-hybridized carbons (Fsp3) is 0.588. The topological polar surface area (TPSA) is 38.8 Å². The van der Waals surface area contributed by atoms with E-state index >= 15 is 0 Å². The zero-order chi connectivity index (χ0) is 15.7. The van der Waals surface area contributed by atoms with Crippen molar-refractivity contribution in [3.63, 3.8) is 0 Å². The molecule has 1 aliphatic rings. The first-order chi connectivity index (χ1) is 9.69. The third kappa shape index (κ3) is 4.77. The zero-order valence-electron chi connectivity index (χ0n) is 14.5. The number of carbonyl (C=O) groups excluding carboxylic acids is 1. The molecule has 1 aromatic carbocycles. The van der Waals surface area contributed by atoms with Crippen molar-refractivity contribution >= 4 is 6.09 Å². The summed E-state index contributed by atoms with van der Waals surface area (Å²) >= 11 is 0. The van der Waals surface area contributed by atoms with Crippen molar-refractivity contribution in [3.05, 3.63) is 35.9 Å². The van der Waals surface area contributed by atoms with Gasteiger partial charge in [-0.1, -0.05) is 0 Å². The van der Waals surface area contributed by atoms with E-state index < -0.39 is 11.3 Å². The second kappa shape index (κ2) is 7.08. The molecule has 1 fully saturated rings. The van der Waals surface area contributed by atoms with Gasteiger partial charge >= 0.3 is 25.0 Å². The molecule has 1 heterocycles. The predicted molar refractivity (Wildman–Crippen MR) is 80.9 cm³/mol. The molecule has 1 amide bonds. The number of rotatable bonds is 2. The van der Waals surface area contributed by atoms with Gasteiger partial charge in [-0.2, -0.15) is 35.9 Å². The molecule has 0 aromatic heterocycles. The Hall–Kier alpha value is -0.953. The summed E-state index contributed by atoms with van der Waals surface area (Å²) in [7, 11) is 0. The van der Waals surface area contributed by atoms with Crippen LogP contribution in [0.4, 0.5) is 4.79 Å². The predicted octanol–water partition coefficient (Wildman–Crippen LogP) is 0.405. The monoisotopic (exact) mass is 297 g/mol. The average molecular weight is 297 g/mol. The van der Waals surface area contributed by atoms with Gasteiger partial charge in [0.15, 0.2) is 0 Å². The normalized spacial score (nSPS) is 20.4. The van der Waals surface area contributed by atoms with Crippen LogP contribution in [0.1, 0.15) is 40.2 Å². The van der Waals surface area contributed by atoms with E-state index in [1.54, 1.807) is 4.90 Å². The summed E-state index contributed by atoms with van der Waals surface area (Å²) in [6.45, 7) is 9.91. The molecular formula is C17H24LiNO3. The van der Waals surface area contributed by atoms with Crippen LogP contribution in [0, 0.1) is 6.07 Å². The third-order valence-corrected chi connectivity index (χ3v) is 3.39. The summed E-state index contributed by atoms with van der Waals surface area (Å²) in [6.07, 6.45) is 0.384. The molecule has 2 rings (SSSR count). The van der Waals surface area contributed by atoms with E-state index in [0.29, 0.717) is 13.0 Å². The average Bonchev–Trinajstić information content (AvgIpc) is 2.63. The van der Waals surface area contributed by atoms with Gasteiger partial charge in [0, 0.05) is 0 Å².